The van der Waals surface area contributed by atoms with Gasteiger partial charge in [-0.05, 0) is 32.1 Å². The van der Waals surface area contributed by atoms with Crippen molar-refractivity contribution in [2.24, 2.45) is 0 Å². The molecule has 2 N–H and O–H groups in total. The zero-order valence-electron chi connectivity index (χ0n) is 10.7. The van der Waals surface area contributed by atoms with Gasteiger partial charge in [0.1, 0.15) is 0 Å². The average Bonchev–Trinajstić information content (AvgIpc) is 2.29. The molecule has 17 heavy (non-hydrogen) atoms. The Balaban J connectivity index is 2.43. The quantitative estimate of drug-likeness (QED) is 0.735. The summed E-state index contributed by atoms with van der Waals surface area (Å²) in [6.45, 7) is 2.96. The van der Waals surface area contributed by atoms with Crippen LogP contribution in [0, 0.1) is 0 Å². The molecule has 0 aromatic carbocycles. The van der Waals surface area contributed by atoms with E-state index in [0.717, 1.165) is 38.0 Å². The summed E-state index contributed by atoms with van der Waals surface area (Å²) in [6, 6.07) is 0.201. The normalized spacial score (nSPS) is 23.5. The van der Waals surface area contributed by atoms with Crippen LogP contribution in [-0.4, -0.2) is 44.8 Å². The molecular weight excluding hydrogens is 256 g/mol. The fraction of sp³-hybridized carbons (Fsp3) is 1.00. The van der Waals surface area contributed by atoms with E-state index in [0.29, 0.717) is 0 Å². The summed E-state index contributed by atoms with van der Waals surface area (Å²) in [5.74, 6) is 1.06. The number of rotatable bonds is 7. The topological polar surface area (TPSA) is 58.2 Å². The Morgan fingerprint density at radius 2 is 2.24 bits per heavy atom. The lowest BCUT2D eigenvalue weighted by Gasteiger charge is -2.24. The van der Waals surface area contributed by atoms with Gasteiger partial charge in [0.25, 0.3) is 0 Å². The maximum Gasteiger partial charge on any atom is 0.213 e. The van der Waals surface area contributed by atoms with Crippen LogP contribution in [0.15, 0.2) is 0 Å². The van der Waals surface area contributed by atoms with E-state index in [1.54, 1.807) is 11.8 Å². The van der Waals surface area contributed by atoms with E-state index in [1.165, 1.54) is 0 Å². The van der Waals surface area contributed by atoms with Gasteiger partial charge in [0.2, 0.25) is 10.0 Å². The molecule has 2 unspecified atom stereocenters. The Hall–Kier alpha value is 0.220. The Bertz CT molecular complexity index is 288. The largest absolute Gasteiger partial charge is 0.313 e. The smallest absolute Gasteiger partial charge is 0.213 e. The number of sulfonamides is 1. The van der Waals surface area contributed by atoms with Crippen LogP contribution in [0.2, 0.25) is 0 Å². The van der Waals surface area contributed by atoms with Gasteiger partial charge >= 0.3 is 0 Å². The fourth-order valence-electron chi connectivity index (χ4n) is 2.07. The summed E-state index contributed by atoms with van der Waals surface area (Å²) in [6.07, 6.45) is 6.11. The molecule has 4 nitrogen and oxygen atoms in total. The number of nitrogens with one attached hydrogen (secondary N) is 2. The van der Waals surface area contributed by atoms with Crippen molar-refractivity contribution in [3.8, 4) is 0 Å². The molecule has 1 aliphatic rings. The number of hydrogen-bond acceptors (Lipinski definition) is 4. The molecular formula is C11H24N2O2S2. The van der Waals surface area contributed by atoms with E-state index < -0.39 is 10.0 Å². The zero-order chi connectivity index (χ0) is 12.7. The molecule has 1 saturated heterocycles. The second-order valence-corrected chi connectivity index (χ2v) is 7.32. The Morgan fingerprint density at radius 1 is 1.47 bits per heavy atom. The second kappa shape index (κ2) is 7.61. The molecule has 0 amide bonds. The maximum atomic E-state index is 12.0. The number of hydrogen-bond donors (Lipinski definition) is 2. The minimum absolute atomic E-state index is 0.0681. The SMILES string of the molecule is CCC(CSC)NS(=O)(=O)CC1CCCCN1. The van der Waals surface area contributed by atoms with Gasteiger partial charge in [-0.2, -0.15) is 11.8 Å². The van der Waals surface area contributed by atoms with Crippen molar-refractivity contribution in [3.63, 3.8) is 0 Å². The minimum Gasteiger partial charge on any atom is -0.313 e. The van der Waals surface area contributed by atoms with E-state index in [4.69, 9.17) is 0 Å². The Kier molecular flexibility index (Phi) is 6.84. The predicted octanol–water partition coefficient (Wildman–Crippen LogP) is 1.19. The van der Waals surface area contributed by atoms with Crippen LogP contribution < -0.4 is 10.0 Å². The molecule has 0 saturated carbocycles. The third-order valence-electron chi connectivity index (χ3n) is 3.04. The van der Waals surface area contributed by atoms with Gasteiger partial charge in [-0.15, -0.1) is 0 Å². The summed E-state index contributed by atoms with van der Waals surface area (Å²) in [7, 11) is -3.14. The van der Waals surface area contributed by atoms with Gasteiger partial charge in [0, 0.05) is 17.8 Å². The van der Waals surface area contributed by atoms with Crippen LogP contribution in [-0.2, 0) is 10.0 Å². The second-order valence-electron chi connectivity index (χ2n) is 4.61. The van der Waals surface area contributed by atoms with Crippen LogP contribution >= 0.6 is 11.8 Å². The van der Waals surface area contributed by atoms with Gasteiger partial charge in [0.05, 0.1) is 5.75 Å². The van der Waals surface area contributed by atoms with Crippen LogP contribution in [0.25, 0.3) is 0 Å². The third kappa shape index (κ3) is 6.08. The summed E-state index contributed by atoms with van der Waals surface area (Å²) >= 11 is 1.68. The van der Waals surface area contributed by atoms with Crippen molar-refractivity contribution in [3.05, 3.63) is 0 Å². The lowest BCUT2D eigenvalue weighted by molar-refractivity contribution is 0.421. The monoisotopic (exact) mass is 280 g/mol. The van der Waals surface area contributed by atoms with Crippen LogP contribution in [0.4, 0.5) is 0 Å². The van der Waals surface area contributed by atoms with E-state index in [-0.39, 0.29) is 17.8 Å². The molecule has 0 aromatic rings. The van der Waals surface area contributed by atoms with Crippen LogP contribution in [0.3, 0.4) is 0 Å². The van der Waals surface area contributed by atoms with Gasteiger partial charge in [-0.25, -0.2) is 13.1 Å². The molecule has 0 radical (unpaired) electrons. The van der Waals surface area contributed by atoms with E-state index in [1.807, 2.05) is 13.2 Å². The highest BCUT2D eigenvalue weighted by Crippen LogP contribution is 2.10. The maximum absolute atomic E-state index is 12.0. The summed E-state index contributed by atoms with van der Waals surface area (Å²) in [5.41, 5.74) is 0. The van der Waals surface area contributed by atoms with Crippen molar-refractivity contribution in [2.45, 2.75) is 44.7 Å². The lowest BCUT2D eigenvalue weighted by atomic mass is 10.1. The first kappa shape index (κ1) is 15.3. The highest BCUT2D eigenvalue weighted by Gasteiger charge is 2.22. The molecule has 0 bridgehead atoms. The van der Waals surface area contributed by atoms with Crippen LogP contribution in [0.5, 0.6) is 0 Å². The highest BCUT2D eigenvalue weighted by atomic mass is 32.2. The van der Waals surface area contributed by atoms with Crippen molar-refractivity contribution in [1.29, 1.82) is 0 Å². The van der Waals surface area contributed by atoms with E-state index in [2.05, 4.69) is 10.0 Å². The average molecular weight is 280 g/mol. The first-order chi connectivity index (χ1) is 8.07. The zero-order valence-corrected chi connectivity index (χ0v) is 12.4. The van der Waals surface area contributed by atoms with Crippen molar-refractivity contribution >= 4 is 21.8 Å². The van der Waals surface area contributed by atoms with E-state index >= 15 is 0 Å². The molecule has 0 aliphatic carbocycles. The predicted molar refractivity (Wildman–Crippen MR) is 75.0 cm³/mol. The first-order valence-electron chi connectivity index (χ1n) is 6.29. The van der Waals surface area contributed by atoms with Crippen LogP contribution in [0.1, 0.15) is 32.6 Å². The Morgan fingerprint density at radius 3 is 2.76 bits per heavy atom. The lowest BCUT2D eigenvalue weighted by Crippen LogP contribution is -2.45. The molecule has 0 aromatic heterocycles. The molecule has 6 heteroatoms. The first-order valence-corrected chi connectivity index (χ1v) is 9.34. The molecule has 2 atom stereocenters. The summed E-state index contributed by atoms with van der Waals surface area (Å²) in [4.78, 5) is 0. The van der Waals surface area contributed by atoms with Crippen molar-refractivity contribution in [2.75, 3.05) is 24.3 Å². The summed E-state index contributed by atoms with van der Waals surface area (Å²) in [5, 5.41) is 3.27. The third-order valence-corrected chi connectivity index (χ3v) is 5.31. The molecule has 1 aliphatic heterocycles. The molecule has 1 rings (SSSR count). The van der Waals surface area contributed by atoms with Crippen molar-refractivity contribution < 1.29 is 8.42 Å². The van der Waals surface area contributed by atoms with E-state index in [9.17, 15) is 8.42 Å². The standard InChI is InChI=1S/C11H24N2O2S2/c1-3-10(8-16-2)13-17(14,15)9-11-6-4-5-7-12-11/h10-13H,3-9H2,1-2H3. The minimum atomic E-state index is -3.14. The molecule has 102 valence electrons. The summed E-state index contributed by atoms with van der Waals surface area (Å²) < 4.78 is 26.8. The molecule has 1 heterocycles. The molecule has 1 fully saturated rings. The van der Waals surface area contributed by atoms with Gasteiger partial charge in [0.15, 0.2) is 0 Å². The van der Waals surface area contributed by atoms with Gasteiger partial charge in [-0.1, -0.05) is 13.3 Å². The number of thioether (sulfide) groups is 1. The van der Waals surface area contributed by atoms with Gasteiger partial charge < -0.3 is 5.32 Å². The molecule has 0 spiro atoms. The van der Waals surface area contributed by atoms with Crippen molar-refractivity contribution in [1.82, 2.24) is 10.0 Å². The number of piperidine rings is 1. The van der Waals surface area contributed by atoms with Gasteiger partial charge in [-0.3, -0.25) is 0 Å². The fourth-order valence-corrected chi connectivity index (χ4v) is 4.56. The Labute approximate surface area is 109 Å². The highest BCUT2D eigenvalue weighted by molar-refractivity contribution is 7.98.